The van der Waals surface area contributed by atoms with E-state index >= 15 is 0 Å². The highest BCUT2D eigenvalue weighted by atomic mass is 14.7. The maximum absolute atomic E-state index is 4.33. The molecule has 2 heterocycles. The molecular weight excluding hydrogens is 172 g/mol. The molecule has 14 heavy (non-hydrogen) atoms. The standard InChI is InChI=1S/C12H7N2/c1-3-9-5-6-10-4-2-8-14-12(10)11(9)13-7-1/h1-5,7-8H. The summed E-state index contributed by atoms with van der Waals surface area (Å²) in [5.74, 6) is 0. The van der Waals surface area contributed by atoms with Crippen molar-refractivity contribution in [3.05, 3.63) is 48.8 Å². The molecule has 0 fully saturated rings. The number of hydrogen-bond acceptors (Lipinski definition) is 2. The van der Waals surface area contributed by atoms with E-state index in [1.54, 1.807) is 12.4 Å². The molecule has 1 radical (unpaired) electrons. The van der Waals surface area contributed by atoms with Gasteiger partial charge in [-0.1, -0.05) is 12.1 Å². The van der Waals surface area contributed by atoms with E-state index in [0.29, 0.717) is 0 Å². The van der Waals surface area contributed by atoms with Gasteiger partial charge in [0.1, 0.15) is 0 Å². The molecule has 65 valence electrons. The highest BCUT2D eigenvalue weighted by Crippen LogP contribution is 2.19. The smallest absolute Gasteiger partial charge is 0.0970 e. The summed E-state index contributed by atoms with van der Waals surface area (Å²) in [6.45, 7) is 0. The fraction of sp³-hybridized carbons (Fsp3) is 0. The van der Waals surface area contributed by atoms with Crippen LogP contribution in [0, 0.1) is 6.07 Å². The van der Waals surface area contributed by atoms with Crippen LogP contribution in [0.15, 0.2) is 42.7 Å². The second-order valence-electron chi connectivity index (χ2n) is 3.13. The molecule has 0 saturated heterocycles. The maximum atomic E-state index is 4.33. The molecule has 0 N–H and O–H groups in total. The van der Waals surface area contributed by atoms with Gasteiger partial charge in [0, 0.05) is 23.2 Å². The lowest BCUT2D eigenvalue weighted by atomic mass is 10.1. The molecule has 2 aromatic heterocycles. The minimum absolute atomic E-state index is 0.922. The zero-order chi connectivity index (χ0) is 9.38. The predicted molar refractivity (Wildman–Crippen MR) is 55.9 cm³/mol. The van der Waals surface area contributed by atoms with Crippen molar-refractivity contribution in [3.63, 3.8) is 0 Å². The predicted octanol–water partition coefficient (Wildman–Crippen LogP) is 2.58. The molecule has 0 unspecified atom stereocenters. The zero-order valence-corrected chi connectivity index (χ0v) is 7.44. The number of pyridine rings is 2. The first kappa shape index (κ1) is 7.44. The van der Waals surface area contributed by atoms with Crippen molar-refractivity contribution in [2.24, 2.45) is 0 Å². The molecule has 1 aromatic carbocycles. The van der Waals surface area contributed by atoms with Crippen LogP contribution in [0.5, 0.6) is 0 Å². The second-order valence-corrected chi connectivity index (χ2v) is 3.13. The fourth-order valence-electron chi connectivity index (χ4n) is 1.60. The quantitative estimate of drug-likeness (QED) is 0.496. The van der Waals surface area contributed by atoms with Gasteiger partial charge in [0.15, 0.2) is 0 Å². The minimum atomic E-state index is 0.922. The highest BCUT2D eigenvalue weighted by Gasteiger charge is 2.00. The second kappa shape index (κ2) is 2.77. The summed E-state index contributed by atoms with van der Waals surface area (Å²) in [6.07, 6.45) is 3.57. The summed E-state index contributed by atoms with van der Waals surface area (Å²) in [4.78, 5) is 8.64. The molecule has 3 aromatic rings. The van der Waals surface area contributed by atoms with Crippen LogP contribution in [-0.4, -0.2) is 9.97 Å². The van der Waals surface area contributed by atoms with Crippen molar-refractivity contribution in [3.8, 4) is 0 Å². The van der Waals surface area contributed by atoms with E-state index in [0.717, 1.165) is 21.8 Å². The van der Waals surface area contributed by atoms with E-state index in [4.69, 9.17) is 0 Å². The van der Waals surface area contributed by atoms with E-state index in [-0.39, 0.29) is 0 Å². The lowest BCUT2D eigenvalue weighted by Gasteiger charge is -1.99. The maximum Gasteiger partial charge on any atom is 0.0970 e. The summed E-state index contributed by atoms with van der Waals surface area (Å²) >= 11 is 0. The normalized spacial score (nSPS) is 10.9. The van der Waals surface area contributed by atoms with Crippen LogP contribution in [0.1, 0.15) is 0 Å². The Hall–Kier alpha value is -1.96. The first-order valence-electron chi connectivity index (χ1n) is 4.45. The highest BCUT2D eigenvalue weighted by molar-refractivity contribution is 6.01. The van der Waals surface area contributed by atoms with Crippen molar-refractivity contribution in [2.75, 3.05) is 0 Å². The van der Waals surface area contributed by atoms with Gasteiger partial charge in [-0.05, 0) is 24.3 Å². The van der Waals surface area contributed by atoms with Crippen molar-refractivity contribution >= 4 is 21.8 Å². The van der Waals surface area contributed by atoms with Crippen LogP contribution in [0.2, 0.25) is 0 Å². The molecule has 2 heteroatoms. The number of fused-ring (bicyclic) bond motifs is 3. The van der Waals surface area contributed by atoms with Gasteiger partial charge in [0.25, 0.3) is 0 Å². The molecule has 0 aliphatic rings. The largest absolute Gasteiger partial charge is 0.254 e. The van der Waals surface area contributed by atoms with Crippen LogP contribution < -0.4 is 0 Å². The van der Waals surface area contributed by atoms with Crippen LogP contribution in [-0.2, 0) is 0 Å². The average molecular weight is 179 g/mol. The Labute approximate surface area is 81.2 Å². The molecule has 0 amide bonds. The van der Waals surface area contributed by atoms with E-state index < -0.39 is 0 Å². The van der Waals surface area contributed by atoms with Gasteiger partial charge < -0.3 is 0 Å². The summed E-state index contributed by atoms with van der Waals surface area (Å²) in [6, 6.07) is 13.0. The molecule has 0 aliphatic heterocycles. The molecule has 0 saturated carbocycles. The van der Waals surface area contributed by atoms with Crippen molar-refractivity contribution in [2.45, 2.75) is 0 Å². The first-order chi connectivity index (χ1) is 6.95. The van der Waals surface area contributed by atoms with E-state index in [1.807, 2.05) is 30.3 Å². The van der Waals surface area contributed by atoms with Crippen molar-refractivity contribution in [1.29, 1.82) is 0 Å². The Bertz CT molecular complexity index is 547. The van der Waals surface area contributed by atoms with E-state index in [2.05, 4.69) is 16.0 Å². The third kappa shape index (κ3) is 0.973. The number of benzene rings is 1. The third-order valence-corrected chi connectivity index (χ3v) is 2.25. The van der Waals surface area contributed by atoms with E-state index in [9.17, 15) is 0 Å². The number of rotatable bonds is 0. The van der Waals surface area contributed by atoms with Gasteiger partial charge in [0.2, 0.25) is 0 Å². The Morgan fingerprint density at radius 1 is 0.929 bits per heavy atom. The van der Waals surface area contributed by atoms with Crippen LogP contribution in [0.25, 0.3) is 21.8 Å². The fourth-order valence-corrected chi connectivity index (χ4v) is 1.60. The number of aromatic nitrogens is 2. The van der Waals surface area contributed by atoms with Crippen LogP contribution in [0.4, 0.5) is 0 Å². The average Bonchev–Trinajstić information content (AvgIpc) is 2.29. The number of hydrogen-bond donors (Lipinski definition) is 0. The van der Waals surface area contributed by atoms with Crippen molar-refractivity contribution in [1.82, 2.24) is 9.97 Å². The molecule has 2 nitrogen and oxygen atoms in total. The molecule has 0 aliphatic carbocycles. The molecule has 3 rings (SSSR count). The topological polar surface area (TPSA) is 25.8 Å². The Balaban J connectivity index is 2.61. The molecule has 0 bridgehead atoms. The lowest BCUT2D eigenvalue weighted by Crippen LogP contribution is -1.83. The van der Waals surface area contributed by atoms with E-state index in [1.165, 1.54) is 0 Å². The number of nitrogens with zero attached hydrogens (tertiary/aromatic N) is 2. The van der Waals surface area contributed by atoms with Crippen molar-refractivity contribution < 1.29 is 0 Å². The van der Waals surface area contributed by atoms with Crippen LogP contribution in [0.3, 0.4) is 0 Å². The van der Waals surface area contributed by atoms with Gasteiger partial charge in [-0.2, -0.15) is 0 Å². The Morgan fingerprint density at radius 3 is 2.64 bits per heavy atom. The Kier molecular flexibility index (Phi) is 1.47. The molecule has 0 spiro atoms. The Morgan fingerprint density at radius 2 is 1.71 bits per heavy atom. The third-order valence-electron chi connectivity index (χ3n) is 2.25. The van der Waals surface area contributed by atoms with Gasteiger partial charge >= 0.3 is 0 Å². The summed E-state index contributed by atoms with van der Waals surface area (Å²) in [5, 5.41) is 2.09. The summed E-state index contributed by atoms with van der Waals surface area (Å²) in [7, 11) is 0. The minimum Gasteiger partial charge on any atom is -0.254 e. The van der Waals surface area contributed by atoms with Crippen LogP contribution >= 0.6 is 0 Å². The zero-order valence-electron chi connectivity index (χ0n) is 7.44. The van der Waals surface area contributed by atoms with Gasteiger partial charge in [-0.3, -0.25) is 9.97 Å². The summed E-state index contributed by atoms with van der Waals surface area (Å²) < 4.78 is 0. The van der Waals surface area contributed by atoms with Gasteiger partial charge in [-0.15, -0.1) is 0 Å². The lowest BCUT2D eigenvalue weighted by molar-refractivity contribution is 1.37. The molecular formula is C12H7N2. The first-order valence-corrected chi connectivity index (χ1v) is 4.45. The SMILES string of the molecule is [c]1cc2cccnc2c2ncccc12. The monoisotopic (exact) mass is 179 g/mol. The van der Waals surface area contributed by atoms with Gasteiger partial charge in [-0.25, -0.2) is 0 Å². The molecule has 0 atom stereocenters. The summed E-state index contributed by atoms with van der Waals surface area (Å²) in [5.41, 5.74) is 1.87. The van der Waals surface area contributed by atoms with Gasteiger partial charge in [0.05, 0.1) is 11.0 Å².